The molecule has 13 heavy (non-hydrogen) atoms. The Bertz CT molecular complexity index is 147. The van der Waals surface area contributed by atoms with Gasteiger partial charge in [0.15, 0.2) is 0 Å². The lowest BCUT2D eigenvalue weighted by molar-refractivity contribution is -0.00584. The van der Waals surface area contributed by atoms with Crippen molar-refractivity contribution in [2.45, 2.75) is 59.1 Å². The van der Waals surface area contributed by atoms with Crippen LogP contribution in [0.15, 0.2) is 0 Å². The van der Waals surface area contributed by atoms with Gasteiger partial charge >= 0.3 is 0 Å². The van der Waals surface area contributed by atoms with E-state index in [2.05, 4.69) is 19.2 Å². The van der Waals surface area contributed by atoms with E-state index in [0.29, 0.717) is 5.92 Å². The molecule has 2 heteroatoms. The first kappa shape index (κ1) is 12.9. The van der Waals surface area contributed by atoms with Gasteiger partial charge in [-0.2, -0.15) is 0 Å². The van der Waals surface area contributed by atoms with Gasteiger partial charge in [0.1, 0.15) is 0 Å². The summed E-state index contributed by atoms with van der Waals surface area (Å²) < 4.78 is 0. The summed E-state index contributed by atoms with van der Waals surface area (Å²) in [5.41, 5.74) is -0.906. The molecule has 0 heterocycles. The minimum absolute atomic E-state index is 0.226. The van der Waals surface area contributed by atoms with E-state index in [9.17, 15) is 5.11 Å². The molecule has 0 spiro atoms. The highest BCUT2D eigenvalue weighted by Gasteiger charge is 2.34. The molecule has 0 aliphatic heterocycles. The maximum atomic E-state index is 9.87. The lowest BCUT2D eigenvalue weighted by Gasteiger charge is -2.39. The van der Waals surface area contributed by atoms with Gasteiger partial charge in [0.25, 0.3) is 0 Å². The number of hydrogen-bond donors (Lipinski definition) is 2. The first-order valence-electron chi connectivity index (χ1n) is 5.18. The van der Waals surface area contributed by atoms with Crippen LogP contribution in [-0.4, -0.2) is 22.8 Å². The van der Waals surface area contributed by atoms with Crippen molar-refractivity contribution < 1.29 is 5.11 Å². The average molecular weight is 187 g/mol. The van der Waals surface area contributed by atoms with Gasteiger partial charge in [-0.15, -0.1) is 0 Å². The van der Waals surface area contributed by atoms with Crippen molar-refractivity contribution >= 4 is 0 Å². The van der Waals surface area contributed by atoms with Crippen LogP contribution in [0.3, 0.4) is 0 Å². The van der Waals surface area contributed by atoms with Gasteiger partial charge in [-0.05, 0) is 40.2 Å². The molecule has 0 rings (SSSR count). The number of aliphatic hydroxyl groups is 1. The Labute approximate surface area is 82.7 Å². The molecule has 0 aromatic heterocycles. The minimum Gasteiger partial charge on any atom is -0.389 e. The minimum atomic E-state index is -0.680. The van der Waals surface area contributed by atoms with Gasteiger partial charge in [0.05, 0.1) is 5.60 Å². The van der Waals surface area contributed by atoms with Crippen molar-refractivity contribution in [3.8, 4) is 0 Å². The highest BCUT2D eigenvalue weighted by molar-refractivity contribution is 4.93. The number of hydrogen-bond acceptors (Lipinski definition) is 2. The van der Waals surface area contributed by atoms with Gasteiger partial charge in [0.2, 0.25) is 0 Å². The van der Waals surface area contributed by atoms with E-state index in [0.717, 1.165) is 6.54 Å². The molecule has 0 aliphatic carbocycles. The SMILES string of the molecule is CCC(C)CNC(C)(C)C(C)(C)O. The summed E-state index contributed by atoms with van der Waals surface area (Å²) in [4.78, 5) is 0. The smallest absolute Gasteiger partial charge is 0.0767 e. The van der Waals surface area contributed by atoms with E-state index in [1.165, 1.54) is 6.42 Å². The second kappa shape index (κ2) is 4.43. The van der Waals surface area contributed by atoms with Crippen LogP contribution in [0.5, 0.6) is 0 Å². The Kier molecular flexibility index (Phi) is 4.40. The van der Waals surface area contributed by atoms with Crippen LogP contribution in [0, 0.1) is 5.92 Å². The summed E-state index contributed by atoms with van der Waals surface area (Å²) in [5.74, 6) is 0.668. The molecule has 2 N–H and O–H groups in total. The molecule has 0 aromatic carbocycles. The molecule has 80 valence electrons. The van der Waals surface area contributed by atoms with Crippen LogP contribution < -0.4 is 5.32 Å². The third-order valence-electron chi connectivity index (χ3n) is 3.12. The summed E-state index contributed by atoms with van der Waals surface area (Å²) in [6, 6.07) is 0. The maximum absolute atomic E-state index is 9.87. The van der Waals surface area contributed by atoms with Gasteiger partial charge in [0, 0.05) is 5.54 Å². The van der Waals surface area contributed by atoms with Crippen LogP contribution in [-0.2, 0) is 0 Å². The second-order valence-corrected chi connectivity index (χ2v) is 5.08. The van der Waals surface area contributed by atoms with E-state index >= 15 is 0 Å². The Morgan fingerprint density at radius 3 is 2.00 bits per heavy atom. The molecule has 0 aromatic rings. The van der Waals surface area contributed by atoms with E-state index in [1.807, 2.05) is 27.7 Å². The third kappa shape index (κ3) is 4.10. The molecular weight excluding hydrogens is 162 g/mol. The Morgan fingerprint density at radius 1 is 1.23 bits per heavy atom. The van der Waals surface area contributed by atoms with E-state index < -0.39 is 5.60 Å². The molecule has 0 fully saturated rings. The quantitative estimate of drug-likeness (QED) is 0.691. The standard InChI is InChI=1S/C11H25NO/c1-7-9(2)8-12-10(3,4)11(5,6)13/h9,12-13H,7-8H2,1-6H3. The first-order chi connectivity index (χ1) is 5.70. The lowest BCUT2D eigenvalue weighted by Crippen LogP contribution is -2.56. The van der Waals surface area contributed by atoms with Crippen molar-refractivity contribution in [1.29, 1.82) is 0 Å². The monoisotopic (exact) mass is 187 g/mol. The van der Waals surface area contributed by atoms with Gasteiger partial charge < -0.3 is 10.4 Å². The molecule has 0 radical (unpaired) electrons. The molecule has 2 nitrogen and oxygen atoms in total. The summed E-state index contributed by atoms with van der Waals surface area (Å²) in [6.07, 6.45) is 1.18. The zero-order valence-electron chi connectivity index (χ0n) is 9.94. The third-order valence-corrected chi connectivity index (χ3v) is 3.12. The highest BCUT2D eigenvalue weighted by atomic mass is 16.3. The molecule has 0 amide bonds. The molecule has 0 saturated carbocycles. The van der Waals surface area contributed by atoms with Gasteiger partial charge in [-0.3, -0.25) is 0 Å². The Morgan fingerprint density at radius 2 is 1.69 bits per heavy atom. The summed E-state index contributed by atoms with van der Waals surface area (Å²) in [7, 11) is 0. The number of rotatable bonds is 5. The summed E-state index contributed by atoms with van der Waals surface area (Å²) in [6.45, 7) is 13.1. The maximum Gasteiger partial charge on any atom is 0.0767 e. The average Bonchev–Trinajstić information content (AvgIpc) is 1.98. The lowest BCUT2D eigenvalue weighted by atomic mass is 9.85. The topological polar surface area (TPSA) is 32.3 Å². The van der Waals surface area contributed by atoms with E-state index in [-0.39, 0.29) is 5.54 Å². The molecule has 0 aliphatic rings. The van der Waals surface area contributed by atoms with Crippen molar-refractivity contribution in [3.05, 3.63) is 0 Å². The zero-order chi connectivity index (χ0) is 10.7. The highest BCUT2D eigenvalue weighted by Crippen LogP contribution is 2.20. The van der Waals surface area contributed by atoms with Crippen LogP contribution in [0.2, 0.25) is 0 Å². The fourth-order valence-corrected chi connectivity index (χ4v) is 0.790. The normalized spacial score (nSPS) is 15.9. The molecule has 1 unspecified atom stereocenters. The predicted octanol–water partition coefficient (Wildman–Crippen LogP) is 2.17. The predicted molar refractivity (Wildman–Crippen MR) is 57.8 cm³/mol. The fourth-order valence-electron chi connectivity index (χ4n) is 0.790. The molecule has 0 bridgehead atoms. The first-order valence-corrected chi connectivity index (χ1v) is 5.18. The second-order valence-electron chi connectivity index (χ2n) is 5.08. The summed E-state index contributed by atoms with van der Waals surface area (Å²) in [5, 5.41) is 13.3. The van der Waals surface area contributed by atoms with Crippen molar-refractivity contribution in [3.63, 3.8) is 0 Å². The van der Waals surface area contributed by atoms with Crippen LogP contribution in [0.1, 0.15) is 48.0 Å². The van der Waals surface area contributed by atoms with Crippen LogP contribution >= 0.6 is 0 Å². The Hall–Kier alpha value is -0.0800. The molecule has 1 atom stereocenters. The van der Waals surface area contributed by atoms with Crippen LogP contribution in [0.25, 0.3) is 0 Å². The van der Waals surface area contributed by atoms with Gasteiger partial charge in [-0.1, -0.05) is 20.3 Å². The fraction of sp³-hybridized carbons (Fsp3) is 1.00. The molecular formula is C11H25NO. The van der Waals surface area contributed by atoms with Crippen molar-refractivity contribution in [2.75, 3.05) is 6.54 Å². The van der Waals surface area contributed by atoms with Crippen molar-refractivity contribution in [1.82, 2.24) is 5.32 Å². The summed E-state index contributed by atoms with van der Waals surface area (Å²) >= 11 is 0. The van der Waals surface area contributed by atoms with Crippen molar-refractivity contribution in [2.24, 2.45) is 5.92 Å². The zero-order valence-corrected chi connectivity index (χ0v) is 9.94. The van der Waals surface area contributed by atoms with E-state index in [4.69, 9.17) is 0 Å². The number of nitrogens with one attached hydrogen (secondary N) is 1. The van der Waals surface area contributed by atoms with Gasteiger partial charge in [-0.25, -0.2) is 0 Å². The molecule has 0 saturated heterocycles. The largest absolute Gasteiger partial charge is 0.389 e. The van der Waals surface area contributed by atoms with Crippen LogP contribution in [0.4, 0.5) is 0 Å². The Balaban J connectivity index is 4.04. The van der Waals surface area contributed by atoms with E-state index in [1.54, 1.807) is 0 Å².